The second kappa shape index (κ2) is 9.38. The summed E-state index contributed by atoms with van der Waals surface area (Å²) in [6.07, 6.45) is 1.28. The predicted octanol–water partition coefficient (Wildman–Crippen LogP) is 5.13. The molecule has 0 unspecified atom stereocenters. The van der Waals surface area contributed by atoms with Gasteiger partial charge >= 0.3 is 0 Å². The topological polar surface area (TPSA) is 40.6 Å². The van der Waals surface area contributed by atoms with Crippen molar-refractivity contribution in [2.75, 3.05) is 17.4 Å². The molecule has 3 aromatic carbocycles. The molecular weight excluding hydrogens is 430 g/mol. The van der Waals surface area contributed by atoms with Gasteiger partial charge in [0.25, 0.3) is 10.0 Å². The first-order chi connectivity index (χ1) is 15.3. The predicted molar refractivity (Wildman–Crippen MR) is 122 cm³/mol. The zero-order chi connectivity index (χ0) is 22.7. The SMILES string of the molecule is Cc1cccc(CN2CCC(N(c3ccc(F)cc3)S(=O)(=O)c3ccc(F)cc3)CC2)c1. The number of likely N-dealkylation sites (tertiary alicyclic amines) is 1. The van der Waals surface area contributed by atoms with E-state index in [1.54, 1.807) is 0 Å². The van der Waals surface area contributed by atoms with Crippen molar-refractivity contribution in [3.8, 4) is 0 Å². The van der Waals surface area contributed by atoms with Crippen LogP contribution in [0.3, 0.4) is 0 Å². The number of anilines is 1. The molecule has 0 amide bonds. The molecule has 0 aliphatic carbocycles. The van der Waals surface area contributed by atoms with Crippen LogP contribution < -0.4 is 4.31 Å². The van der Waals surface area contributed by atoms with Crippen molar-refractivity contribution in [2.24, 2.45) is 0 Å². The van der Waals surface area contributed by atoms with Gasteiger partial charge in [-0.15, -0.1) is 0 Å². The van der Waals surface area contributed by atoms with Gasteiger partial charge in [-0.05, 0) is 73.9 Å². The van der Waals surface area contributed by atoms with Crippen LogP contribution in [0.2, 0.25) is 0 Å². The van der Waals surface area contributed by atoms with Crippen LogP contribution in [0.15, 0.2) is 77.7 Å². The van der Waals surface area contributed by atoms with Crippen molar-refractivity contribution in [3.05, 3.63) is 95.6 Å². The van der Waals surface area contributed by atoms with E-state index < -0.39 is 21.7 Å². The van der Waals surface area contributed by atoms with Crippen LogP contribution in [0.1, 0.15) is 24.0 Å². The molecule has 0 bridgehead atoms. The smallest absolute Gasteiger partial charge is 0.264 e. The van der Waals surface area contributed by atoms with E-state index in [-0.39, 0.29) is 10.9 Å². The Kier molecular flexibility index (Phi) is 6.58. The lowest BCUT2D eigenvalue weighted by atomic mass is 10.0. The number of benzene rings is 3. The van der Waals surface area contributed by atoms with E-state index in [1.807, 2.05) is 6.07 Å². The zero-order valence-corrected chi connectivity index (χ0v) is 18.7. The minimum atomic E-state index is -3.94. The molecule has 0 spiro atoms. The Morgan fingerprint density at radius 1 is 0.906 bits per heavy atom. The summed E-state index contributed by atoms with van der Waals surface area (Å²) in [5, 5.41) is 0. The molecule has 0 radical (unpaired) electrons. The molecule has 1 fully saturated rings. The molecule has 32 heavy (non-hydrogen) atoms. The number of rotatable bonds is 6. The van der Waals surface area contributed by atoms with Crippen molar-refractivity contribution >= 4 is 15.7 Å². The largest absolute Gasteiger partial charge is 0.299 e. The van der Waals surface area contributed by atoms with Crippen molar-refractivity contribution in [1.29, 1.82) is 0 Å². The average molecular weight is 457 g/mol. The van der Waals surface area contributed by atoms with E-state index in [2.05, 4.69) is 30.0 Å². The van der Waals surface area contributed by atoms with Crippen LogP contribution in [0.25, 0.3) is 0 Å². The highest BCUT2D eigenvalue weighted by Crippen LogP contribution is 2.31. The minimum absolute atomic E-state index is 0.0189. The molecule has 0 N–H and O–H groups in total. The van der Waals surface area contributed by atoms with Gasteiger partial charge < -0.3 is 0 Å². The maximum atomic E-state index is 13.5. The minimum Gasteiger partial charge on any atom is -0.299 e. The van der Waals surface area contributed by atoms with Crippen molar-refractivity contribution < 1.29 is 17.2 Å². The lowest BCUT2D eigenvalue weighted by Gasteiger charge is -2.39. The van der Waals surface area contributed by atoms with Crippen LogP contribution in [0.4, 0.5) is 14.5 Å². The van der Waals surface area contributed by atoms with E-state index >= 15 is 0 Å². The number of hydrogen-bond donors (Lipinski definition) is 0. The Labute approximate surface area is 188 Å². The van der Waals surface area contributed by atoms with E-state index in [9.17, 15) is 17.2 Å². The van der Waals surface area contributed by atoms with Crippen molar-refractivity contribution in [3.63, 3.8) is 0 Å². The van der Waals surface area contributed by atoms with Gasteiger partial charge in [-0.1, -0.05) is 29.8 Å². The normalized spacial score (nSPS) is 15.6. The molecule has 7 heteroatoms. The van der Waals surface area contributed by atoms with Crippen LogP contribution >= 0.6 is 0 Å². The fourth-order valence-corrected chi connectivity index (χ4v) is 5.94. The van der Waals surface area contributed by atoms with Gasteiger partial charge in [0.05, 0.1) is 10.6 Å². The van der Waals surface area contributed by atoms with Crippen LogP contribution in [0, 0.1) is 18.6 Å². The highest BCUT2D eigenvalue weighted by atomic mass is 32.2. The first-order valence-corrected chi connectivity index (χ1v) is 12.1. The quantitative estimate of drug-likeness (QED) is 0.516. The summed E-state index contributed by atoms with van der Waals surface area (Å²) in [6.45, 7) is 4.37. The number of nitrogens with zero attached hydrogens (tertiary/aromatic N) is 2. The standard InChI is InChI=1S/C25H26F2N2O2S/c1-19-3-2-4-20(17-19)18-28-15-13-24(14-16-28)29(23-9-5-21(26)6-10-23)32(30,31)25-11-7-22(27)8-12-25/h2-12,17,24H,13-16,18H2,1H3. The molecule has 0 saturated carbocycles. The molecule has 1 aliphatic rings. The molecule has 3 aromatic rings. The van der Waals surface area contributed by atoms with E-state index in [1.165, 1.54) is 51.8 Å². The third kappa shape index (κ3) is 5.00. The Morgan fingerprint density at radius 2 is 1.50 bits per heavy atom. The van der Waals surface area contributed by atoms with Gasteiger partial charge in [0, 0.05) is 25.7 Å². The van der Waals surface area contributed by atoms with Crippen molar-refractivity contribution in [1.82, 2.24) is 4.90 Å². The second-order valence-electron chi connectivity index (χ2n) is 8.23. The Bertz CT molecular complexity index is 1160. The number of sulfonamides is 1. The summed E-state index contributed by atoms with van der Waals surface area (Å²) in [7, 11) is -3.94. The summed E-state index contributed by atoms with van der Waals surface area (Å²) in [5.74, 6) is -0.928. The molecule has 0 aromatic heterocycles. The average Bonchev–Trinajstić information content (AvgIpc) is 2.77. The summed E-state index contributed by atoms with van der Waals surface area (Å²) < 4.78 is 55.4. The summed E-state index contributed by atoms with van der Waals surface area (Å²) in [5.41, 5.74) is 2.86. The first kappa shape index (κ1) is 22.4. The van der Waals surface area contributed by atoms with Gasteiger partial charge in [0.1, 0.15) is 11.6 Å². The monoisotopic (exact) mass is 456 g/mol. The highest BCUT2D eigenvalue weighted by molar-refractivity contribution is 7.92. The van der Waals surface area contributed by atoms with Gasteiger partial charge in [-0.3, -0.25) is 9.21 Å². The van der Waals surface area contributed by atoms with E-state index in [0.717, 1.165) is 31.8 Å². The Morgan fingerprint density at radius 3 is 2.09 bits per heavy atom. The van der Waals surface area contributed by atoms with Crippen LogP contribution in [0.5, 0.6) is 0 Å². The molecule has 1 aliphatic heterocycles. The lowest BCUT2D eigenvalue weighted by molar-refractivity contribution is 0.206. The van der Waals surface area contributed by atoms with E-state index in [4.69, 9.17) is 0 Å². The number of aryl methyl sites for hydroxylation is 1. The van der Waals surface area contributed by atoms with Gasteiger partial charge in [0.15, 0.2) is 0 Å². The fraction of sp³-hybridized carbons (Fsp3) is 0.280. The molecule has 1 saturated heterocycles. The third-order valence-corrected chi connectivity index (χ3v) is 7.72. The molecule has 0 atom stereocenters. The Hall–Kier alpha value is -2.77. The number of piperidine rings is 1. The fourth-order valence-electron chi connectivity index (χ4n) is 4.23. The van der Waals surface area contributed by atoms with Crippen molar-refractivity contribution in [2.45, 2.75) is 37.2 Å². The Balaban J connectivity index is 1.57. The van der Waals surface area contributed by atoms with E-state index in [0.29, 0.717) is 18.5 Å². The maximum absolute atomic E-state index is 13.5. The lowest BCUT2D eigenvalue weighted by Crippen LogP contribution is -2.47. The highest BCUT2D eigenvalue weighted by Gasteiger charge is 2.34. The van der Waals surface area contributed by atoms with Gasteiger partial charge in [0.2, 0.25) is 0 Å². The number of halogens is 2. The molecule has 168 valence electrons. The summed E-state index contributed by atoms with van der Waals surface area (Å²) >= 11 is 0. The molecular formula is C25H26F2N2O2S. The third-order valence-electron chi connectivity index (χ3n) is 5.83. The van der Waals surface area contributed by atoms with Crippen LogP contribution in [-0.2, 0) is 16.6 Å². The number of hydrogen-bond acceptors (Lipinski definition) is 3. The molecule has 4 rings (SSSR count). The zero-order valence-electron chi connectivity index (χ0n) is 17.9. The van der Waals surface area contributed by atoms with Crippen LogP contribution in [-0.4, -0.2) is 32.4 Å². The first-order valence-electron chi connectivity index (χ1n) is 10.7. The summed E-state index contributed by atoms with van der Waals surface area (Å²) in [6, 6.07) is 18.4. The maximum Gasteiger partial charge on any atom is 0.264 e. The molecule has 1 heterocycles. The molecule has 4 nitrogen and oxygen atoms in total. The van der Waals surface area contributed by atoms with Gasteiger partial charge in [-0.25, -0.2) is 17.2 Å². The summed E-state index contributed by atoms with van der Waals surface area (Å²) in [4.78, 5) is 2.34. The second-order valence-corrected chi connectivity index (χ2v) is 10.0. The van der Waals surface area contributed by atoms with Gasteiger partial charge in [-0.2, -0.15) is 0 Å².